The number of benzene rings is 1. The number of nitrogens with one attached hydrogen (secondary N) is 1. The van der Waals surface area contributed by atoms with Gasteiger partial charge in [0.05, 0.1) is 11.6 Å². The molecule has 1 aliphatic carbocycles. The molecular weight excluding hydrogens is 311 g/mol. The van der Waals surface area contributed by atoms with E-state index >= 15 is 0 Å². The minimum absolute atomic E-state index is 0.00638. The number of halogens is 2. The molecule has 0 heterocycles. The fourth-order valence-corrected chi connectivity index (χ4v) is 2.37. The number of carbonyl (C=O) groups excluding carboxylic acids is 1. The molecule has 1 aromatic carbocycles. The summed E-state index contributed by atoms with van der Waals surface area (Å²) >= 11 is 11.9. The van der Waals surface area contributed by atoms with Crippen molar-refractivity contribution >= 4 is 29.1 Å². The van der Waals surface area contributed by atoms with E-state index < -0.39 is 0 Å². The van der Waals surface area contributed by atoms with E-state index in [4.69, 9.17) is 33.7 Å². The van der Waals surface area contributed by atoms with Gasteiger partial charge in [0.15, 0.2) is 0 Å². The smallest absolute Gasteiger partial charge is 0.220 e. The number of ether oxygens (including phenoxy) is 1. The molecule has 0 bridgehead atoms. The molecule has 1 fully saturated rings. The molecule has 116 valence electrons. The Kier molecular flexibility index (Phi) is 6.15. The molecule has 0 aliphatic heterocycles. The lowest BCUT2D eigenvalue weighted by molar-refractivity contribution is -0.121. The topological polar surface area (TPSA) is 64.3 Å². The number of hydrogen-bond donors (Lipinski definition) is 2. The van der Waals surface area contributed by atoms with E-state index in [2.05, 4.69) is 5.32 Å². The SMILES string of the molecule is NC(CNC(=O)CCCOc1cccc(Cl)c1Cl)C1CC1. The summed E-state index contributed by atoms with van der Waals surface area (Å²) in [5.41, 5.74) is 5.92. The Morgan fingerprint density at radius 3 is 2.90 bits per heavy atom. The maximum absolute atomic E-state index is 11.7. The summed E-state index contributed by atoms with van der Waals surface area (Å²) < 4.78 is 5.52. The Morgan fingerprint density at radius 2 is 2.19 bits per heavy atom. The quantitative estimate of drug-likeness (QED) is 0.720. The standard InChI is InChI=1S/C15H20Cl2N2O2/c16-11-3-1-4-13(15(11)17)21-8-2-5-14(20)19-9-12(18)10-6-7-10/h1,3-4,10,12H,2,5-9,18H2,(H,19,20). The van der Waals surface area contributed by atoms with Crippen LogP contribution in [-0.4, -0.2) is 25.1 Å². The maximum atomic E-state index is 11.7. The summed E-state index contributed by atoms with van der Waals surface area (Å²) in [5, 5.41) is 3.72. The highest BCUT2D eigenvalue weighted by atomic mass is 35.5. The molecule has 6 heteroatoms. The normalized spacial score (nSPS) is 15.6. The van der Waals surface area contributed by atoms with Gasteiger partial charge in [-0.15, -0.1) is 0 Å². The van der Waals surface area contributed by atoms with Gasteiger partial charge >= 0.3 is 0 Å². The fraction of sp³-hybridized carbons (Fsp3) is 0.533. The summed E-state index contributed by atoms with van der Waals surface area (Å²) in [6, 6.07) is 5.32. The molecule has 0 saturated heterocycles. The first-order chi connectivity index (χ1) is 10.1. The molecule has 1 atom stereocenters. The number of carbonyl (C=O) groups is 1. The van der Waals surface area contributed by atoms with Crippen LogP contribution in [0.4, 0.5) is 0 Å². The van der Waals surface area contributed by atoms with Crippen molar-refractivity contribution in [3.63, 3.8) is 0 Å². The lowest BCUT2D eigenvalue weighted by atomic mass is 10.2. The van der Waals surface area contributed by atoms with Crippen LogP contribution in [0.1, 0.15) is 25.7 Å². The lowest BCUT2D eigenvalue weighted by Gasteiger charge is -2.12. The van der Waals surface area contributed by atoms with Crippen LogP contribution in [0.5, 0.6) is 5.75 Å². The molecule has 0 radical (unpaired) electrons. The zero-order valence-corrected chi connectivity index (χ0v) is 13.3. The van der Waals surface area contributed by atoms with Crippen molar-refractivity contribution in [1.82, 2.24) is 5.32 Å². The second kappa shape index (κ2) is 7.87. The highest BCUT2D eigenvalue weighted by molar-refractivity contribution is 6.42. The van der Waals surface area contributed by atoms with Crippen molar-refractivity contribution in [3.05, 3.63) is 28.2 Å². The van der Waals surface area contributed by atoms with Gasteiger partial charge in [0.1, 0.15) is 10.8 Å². The molecule has 4 nitrogen and oxygen atoms in total. The molecule has 3 N–H and O–H groups in total. The van der Waals surface area contributed by atoms with E-state index in [0.29, 0.717) is 47.7 Å². The van der Waals surface area contributed by atoms with Crippen LogP contribution < -0.4 is 15.8 Å². The van der Waals surface area contributed by atoms with Crippen LogP contribution in [0.2, 0.25) is 10.0 Å². The summed E-state index contributed by atoms with van der Waals surface area (Å²) in [5.74, 6) is 1.14. The van der Waals surface area contributed by atoms with Gasteiger partial charge in [-0.25, -0.2) is 0 Å². The lowest BCUT2D eigenvalue weighted by Crippen LogP contribution is -2.38. The molecule has 1 unspecified atom stereocenters. The molecular formula is C15H20Cl2N2O2. The Bertz CT molecular complexity index is 493. The van der Waals surface area contributed by atoms with E-state index in [1.807, 2.05) is 0 Å². The van der Waals surface area contributed by atoms with Crippen molar-refractivity contribution in [2.24, 2.45) is 11.7 Å². The largest absolute Gasteiger partial charge is 0.492 e. The zero-order chi connectivity index (χ0) is 15.2. The summed E-state index contributed by atoms with van der Waals surface area (Å²) in [7, 11) is 0. The van der Waals surface area contributed by atoms with Crippen LogP contribution in [0, 0.1) is 5.92 Å². The molecule has 1 amide bonds. The van der Waals surface area contributed by atoms with Gasteiger partial charge in [0.2, 0.25) is 5.91 Å². The fourth-order valence-electron chi connectivity index (χ4n) is 2.02. The van der Waals surface area contributed by atoms with E-state index in [-0.39, 0.29) is 11.9 Å². The third-order valence-corrected chi connectivity index (χ3v) is 4.29. The van der Waals surface area contributed by atoms with E-state index in [1.54, 1.807) is 18.2 Å². The van der Waals surface area contributed by atoms with Crippen molar-refractivity contribution < 1.29 is 9.53 Å². The molecule has 1 saturated carbocycles. The van der Waals surface area contributed by atoms with Crippen molar-refractivity contribution in [2.45, 2.75) is 31.7 Å². The first-order valence-corrected chi connectivity index (χ1v) is 7.92. The zero-order valence-electron chi connectivity index (χ0n) is 11.8. The second-order valence-electron chi connectivity index (χ2n) is 5.31. The van der Waals surface area contributed by atoms with E-state index in [1.165, 1.54) is 12.8 Å². The minimum Gasteiger partial charge on any atom is -0.492 e. The number of amides is 1. The maximum Gasteiger partial charge on any atom is 0.220 e. The van der Waals surface area contributed by atoms with Gasteiger partial charge in [0.25, 0.3) is 0 Å². The number of nitrogens with two attached hydrogens (primary N) is 1. The van der Waals surface area contributed by atoms with Gasteiger partial charge in [-0.1, -0.05) is 29.3 Å². The summed E-state index contributed by atoms with van der Waals surface area (Å²) in [6.07, 6.45) is 3.40. The van der Waals surface area contributed by atoms with Gasteiger partial charge < -0.3 is 15.8 Å². The van der Waals surface area contributed by atoms with Crippen LogP contribution in [0.3, 0.4) is 0 Å². The average Bonchev–Trinajstić information content (AvgIpc) is 3.30. The predicted octanol–water partition coefficient (Wildman–Crippen LogP) is 3.01. The first-order valence-electron chi connectivity index (χ1n) is 7.17. The first kappa shape index (κ1) is 16.4. The predicted molar refractivity (Wildman–Crippen MR) is 84.9 cm³/mol. The van der Waals surface area contributed by atoms with Crippen LogP contribution in [0.25, 0.3) is 0 Å². The Morgan fingerprint density at radius 1 is 1.43 bits per heavy atom. The molecule has 0 spiro atoms. The third kappa shape index (κ3) is 5.38. The molecule has 1 aliphatic rings. The van der Waals surface area contributed by atoms with E-state index in [0.717, 1.165) is 0 Å². The highest BCUT2D eigenvalue weighted by Gasteiger charge is 2.28. The van der Waals surface area contributed by atoms with Crippen molar-refractivity contribution in [2.75, 3.05) is 13.2 Å². The van der Waals surface area contributed by atoms with Crippen LogP contribution in [0.15, 0.2) is 18.2 Å². The summed E-state index contributed by atoms with van der Waals surface area (Å²) in [6.45, 7) is 0.979. The van der Waals surface area contributed by atoms with Crippen LogP contribution >= 0.6 is 23.2 Å². The Balaban J connectivity index is 1.60. The van der Waals surface area contributed by atoms with E-state index in [9.17, 15) is 4.79 Å². The molecule has 2 rings (SSSR count). The second-order valence-corrected chi connectivity index (χ2v) is 6.09. The average molecular weight is 331 g/mol. The van der Waals surface area contributed by atoms with Gasteiger partial charge in [-0.05, 0) is 37.3 Å². The highest BCUT2D eigenvalue weighted by Crippen LogP contribution is 2.32. The van der Waals surface area contributed by atoms with Gasteiger partial charge in [-0.3, -0.25) is 4.79 Å². The van der Waals surface area contributed by atoms with Crippen molar-refractivity contribution in [1.29, 1.82) is 0 Å². The number of rotatable bonds is 8. The van der Waals surface area contributed by atoms with Crippen molar-refractivity contribution in [3.8, 4) is 5.75 Å². The van der Waals surface area contributed by atoms with Gasteiger partial charge in [0, 0.05) is 19.0 Å². The molecule has 21 heavy (non-hydrogen) atoms. The Labute approximate surface area is 134 Å². The molecule has 0 aromatic heterocycles. The number of hydrogen-bond acceptors (Lipinski definition) is 3. The summed E-state index contributed by atoms with van der Waals surface area (Å²) in [4.78, 5) is 11.7. The van der Waals surface area contributed by atoms with Gasteiger partial charge in [-0.2, -0.15) is 0 Å². The molecule has 1 aromatic rings. The monoisotopic (exact) mass is 330 g/mol. The van der Waals surface area contributed by atoms with Crippen LogP contribution in [-0.2, 0) is 4.79 Å². The Hall–Kier alpha value is -0.970. The third-order valence-electron chi connectivity index (χ3n) is 3.48. The minimum atomic E-state index is 0.00638.